The number of benzene rings is 2. The highest BCUT2D eigenvalue weighted by atomic mass is 31.2. The van der Waals surface area contributed by atoms with Crippen molar-refractivity contribution in [3.8, 4) is 0 Å². The lowest BCUT2D eigenvalue weighted by Crippen LogP contribution is -2.55. The molecule has 2 heterocycles. The van der Waals surface area contributed by atoms with Gasteiger partial charge in [-0.2, -0.15) is 0 Å². The molecular formula is C49H71N6O18P2+. The Hall–Kier alpha value is -5.49. The van der Waals surface area contributed by atoms with E-state index >= 15 is 0 Å². The number of anilines is 2. The number of carboxylic acid groups (broad SMARTS) is 1. The van der Waals surface area contributed by atoms with E-state index in [0.29, 0.717) is 30.5 Å². The van der Waals surface area contributed by atoms with Crippen LogP contribution in [0.4, 0.5) is 11.4 Å². The number of aliphatic hydroxyl groups excluding tert-OH is 1. The molecule has 0 aliphatic carbocycles. The van der Waals surface area contributed by atoms with Crippen molar-refractivity contribution in [1.82, 2.24) is 16.0 Å². The second-order valence-corrected chi connectivity index (χ2v) is 22.2. The Morgan fingerprint density at radius 2 is 1.51 bits per heavy atom. The Morgan fingerprint density at radius 3 is 2.16 bits per heavy atom. The van der Waals surface area contributed by atoms with E-state index in [-0.39, 0.29) is 118 Å². The highest BCUT2D eigenvalue weighted by Crippen LogP contribution is 2.68. The summed E-state index contributed by atoms with van der Waals surface area (Å²) in [5.74, 6) is -3.95. The maximum absolute atomic E-state index is 14.1. The van der Waals surface area contributed by atoms with Gasteiger partial charge in [-0.25, -0.2) is 9.36 Å². The summed E-state index contributed by atoms with van der Waals surface area (Å²) in [4.78, 5) is 117. The van der Waals surface area contributed by atoms with Crippen LogP contribution in [-0.4, -0.2) is 140 Å². The number of amides is 4. The number of aromatic carboxylic acids is 1. The molecule has 26 heteroatoms. The summed E-state index contributed by atoms with van der Waals surface area (Å²) in [6, 6.07) is 9.44. The number of carbonyl (C=O) groups is 6. The predicted molar refractivity (Wildman–Crippen MR) is 272 cm³/mol. The maximum atomic E-state index is 14.1. The number of nitrogens with one attached hydrogen (secondary N) is 5. The molecule has 4 atom stereocenters. The molecule has 3 aromatic rings. The zero-order valence-electron chi connectivity index (χ0n) is 42.3. The highest BCUT2D eigenvalue weighted by molar-refractivity contribution is 7.72. The summed E-state index contributed by atoms with van der Waals surface area (Å²) < 4.78 is 41.4. The van der Waals surface area contributed by atoms with Crippen LogP contribution in [0, 0.1) is 5.92 Å². The van der Waals surface area contributed by atoms with Gasteiger partial charge in [0.25, 0.3) is 16.9 Å². The molecule has 1 aromatic heterocycles. The largest absolute Gasteiger partial charge is 0.478 e. The smallest absolute Gasteiger partial charge is 0.369 e. The average Bonchev–Trinajstić information content (AvgIpc) is 3.35. The van der Waals surface area contributed by atoms with Gasteiger partial charge in [-0.1, -0.05) is 52.5 Å². The zero-order chi connectivity index (χ0) is 55.3. The van der Waals surface area contributed by atoms with E-state index in [4.69, 9.17) is 14.2 Å². The van der Waals surface area contributed by atoms with E-state index in [1.807, 2.05) is 13.8 Å². The summed E-state index contributed by atoms with van der Waals surface area (Å²) >= 11 is 0. The number of aromatic nitrogens is 1. The maximum Gasteiger partial charge on any atom is 0.369 e. The number of carboxylic acids is 1. The number of rotatable bonds is 29. The van der Waals surface area contributed by atoms with Crippen LogP contribution in [0.25, 0.3) is 0 Å². The Labute approximate surface area is 434 Å². The van der Waals surface area contributed by atoms with Crippen molar-refractivity contribution in [2.45, 2.75) is 115 Å². The second-order valence-electron chi connectivity index (χ2n) is 18.2. The minimum Gasteiger partial charge on any atom is -0.478 e. The fraction of sp³-hybridized carbons (Fsp3) is 0.531. The minimum absolute atomic E-state index is 0.0147. The van der Waals surface area contributed by atoms with Crippen molar-refractivity contribution in [3.05, 3.63) is 88.7 Å². The van der Waals surface area contributed by atoms with Crippen LogP contribution in [-0.2, 0) is 57.2 Å². The first-order valence-electron chi connectivity index (χ1n) is 24.7. The molecule has 2 aromatic carbocycles. The van der Waals surface area contributed by atoms with Gasteiger partial charge in [-0.05, 0) is 60.7 Å². The molecule has 2 unspecified atom stereocenters. The molecule has 4 amide bonds. The Bertz CT molecular complexity index is 2520. The molecule has 4 rings (SSSR count). The molecular weight excluding hydrogens is 1020 g/mol. The molecule has 0 saturated carbocycles. The number of unbranched alkanes of at least 4 members (excludes halogenated alkanes) is 2. The fourth-order valence-corrected chi connectivity index (χ4v) is 9.90. The third-order valence-electron chi connectivity index (χ3n) is 12.4. The summed E-state index contributed by atoms with van der Waals surface area (Å²) in [5, 5.41) is 41.2. The number of carbonyl (C=O) groups excluding carboxylic acids is 5. The number of ether oxygens (including phenoxy) is 3. The summed E-state index contributed by atoms with van der Waals surface area (Å²) in [5.41, 5.74) is 1.18. The van der Waals surface area contributed by atoms with Crippen molar-refractivity contribution in [2.24, 2.45) is 5.92 Å². The lowest BCUT2D eigenvalue weighted by atomic mass is 9.96. The number of pyridine rings is 1. The van der Waals surface area contributed by atoms with Crippen LogP contribution >= 0.6 is 15.2 Å². The normalized spacial score (nSPS) is 16.5. The van der Waals surface area contributed by atoms with E-state index in [1.54, 1.807) is 19.1 Å². The van der Waals surface area contributed by atoms with E-state index in [9.17, 15) is 72.8 Å². The second kappa shape index (κ2) is 29.7. The van der Waals surface area contributed by atoms with Gasteiger partial charge in [0.15, 0.2) is 18.9 Å². The summed E-state index contributed by atoms with van der Waals surface area (Å²) in [6.07, 6.45) is 4.00. The molecule has 0 radical (unpaired) electrons. The first kappa shape index (κ1) is 62.1. The summed E-state index contributed by atoms with van der Waals surface area (Å²) in [7, 11) is -11.3. The van der Waals surface area contributed by atoms with Gasteiger partial charge >= 0.3 is 21.2 Å². The fourth-order valence-electron chi connectivity index (χ4n) is 7.77. The predicted octanol–water partition coefficient (Wildman–Crippen LogP) is 2.57. The monoisotopic (exact) mass is 1090 g/mol. The quantitative estimate of drug-likeness (QED) is 0.0270. The number of hydrogen-bond acceptors (Lipinski definition) is 14. The van der Waals surface area contributed by atoms with Crippen LogP contribution in [0.3, 0.4) is 0 Å². The molecule has 0 fully saturated rings. The minimum atomic E-state index is -5.66. The number of fused-ring (bicyclic) bond motifs is 2. The number of ketones is 1. The zero-order valence-corrected chi connectivity index (χ0v) is 44.1. The van der Waals surface area contributed by atoms with E-state index in [0.717, 1.165) is 12.8 Å². The number of nitrogens with zero attached hydrogens (tertiary/aromatic N) is 1. The van der Waals surface area contributed by atoms with Gasteiger partial charge in [-0.3, -0.25) is 33.1 Å². The van der Waals surface area contributed by atoms with Gasteiger partial charge in [0.05, 0.1) is 50.8 Å². The Morgan fingerprint density at radius 1 is 0.840 bits per heavy atom. The molecule has 24 nitrogen and oxygen atoms in total. The molecule has 0 spiro atoms. The third-order valence-corrected chi connectivity index (χ3v) is 16.1. The van der Waals surface area contributed by atoms with Crippen LogP contribution in [0.1, 0.15) is 114 Å². The molecule has 12 N–H and O–H groups in total. The van der Waals surface area contributed by atoms with Crippen LogP contribution in [0.15, 0.2) is 60.9 Å². The van der Waals surface area contributed by atoms with Crippen molar-refractivity contribution in [3.63, 3.8) is 0 Å². The van der Waals surface area contributed by atoms with Crippen LogP contribution < -0.4 is 31.2 Å². The molecule has 414 valence electrons. The van der Waals surface area contributed by atoms with Crippen molar-refractivity contribution in [2.75, 3.05) is 56.8 Å². The average molecular weight is 1090 g/mol. The first-order valence-corrected chi connectivity index (χ1v) is 27.9. The Kier molecular flexibility index (Phi) is 24.6. The lowest BCUT2D eigenvalue weighted by Gasteiger charge is -2.28. The molecule has 1 aliphatic heterocycles. The Balaban J connectivity index is 1.21. The highest BCUT2D eigenvalue weighted by Gasteiger charge is 2.59. The van der Waals surface area contributed by atoms with E-state index in [1.165, 1.54) is 53.4 Å². The van der Waals surface area contributed by atoms with Gasteiger partial charge in [0, 0.05) is 60.9 Å². The van der Waals surface area contributed by atoms with Crippen LogP contribution in [0.2, 0.25) is 0 Å². The SMILES string of the molecule is CCCCC[C@@H]1NC(=O)[C@H](C(C)CC)NC(=O)c2cc(C(=O)NCCOCCOCCOCCC(=O)CCC(O)C[n+]3cccc(CC(O)(P(=O)(O)O)P(=O)(O)O)c3)ccc2NCc2ccc(C(=O)O)cc2NC1=O. The number of aliphatic hydroxyl groups is 2. The van der Waals surface area contributed by atoms with Crippen molar-refractivity contribution < 1.29 is 91.6 Å². The van der Waals surface area contributed by atoms with Crippen molar-refractivity contribution in [1.29, 1.82) is 0 Å². The molecule has 0 saturated heterocycles. The number of Topliss-reactive ketones (excluding diaryl/α,β-unsaturated/α-hetero) is 1. The molecule has 0 bridgehead atoms. The van der Waals surface area contributed by atoms with E-state index in [2.05, 4.69) is 26.6 Å². The van der Waals surface area contributed by atoms with Gasteiger partial charge in [0.2, 0.25) is 11.8 Å². The molecule has 75 heavy (non-hydrogen) atoms. The summed E-state index contributed by atoms with van der Waals surface area (Å²) in [6.45, 7) is 6.84. The van der Waals surface area contributed by atoms with E-state index < -0.39 is 74.5 Å². The number of hydrogen-bond donors (Lipinski definition) is 12. The topological polar surface area (TPSA) is 370 Å². The standard InChI is InChI=1S/C49H70N6O18P2/c1-4-6-7-10-41-46(60)53-42-27-35(48(62)63)11-12-36(42)29-51-40-16-13-34(26-39(40)45(59)54-43(32(3)5-2)47(61)52-41)44(58)50-18-21-72-23-25-73-24-22-71-20-17-37(56)14-15-38(57)31-55-19-8-9-33(30-55)28-49(64,74(65,66)67)75(68,69)70/h8-9,11-13,16,19,26-27,30,32,38,41,43,57,64H,4-7,10,14-15,17-18,20-25,28-29,31H2,1-3H3,(H9-,50,51,52,53,54,58,59,60,61,62,63,65,66,67,68,69,70)/p+1/t32?,38?,41-,43-/m0/s1. The van der Waals surface area contributed by atoms with Gasteiger partial charge < -0.3 is 75.7 Å². The van der Waals surface area contributed by atoms with Gasteiger partial charge in [0.1, 0.15) is 24.0 Å². The lowest BCUT2D eigenvalue weighted by molar-refractivity contribution is -0.704. The third kappa shape index (κ3) is 19.2. The first-order chi connectivity index (χ1) is 35.5. The molecule has 1 aliphatic rings. The van der Waals surface area contributed by atoms with Crippen molar-refractivity contribution >= 4 is 61.9 Å². The van der Waals surface area contributed by atoms with Gasteiger partial charge in [-0.15, -0.1) is 0 Å². The van der Waals surface area contributed by atoms with Crippen LogP contribution in [0.5, 0.6) is 0 Å².